The third-order valence-corrected chi connectivity index (χ3v) is 5.90. The molecule has 0 amide bonds. The van der Waals surface area contributed by atoms with Crippen molar-refractivity contribution in [1.82, 2.24) is 10.1 Å². The second-order valence-corrected chi connectivity index (χ2v) is 7.08. The summed E-state index contributed by atoms with van der Waals surface area (Å²) < 4.78 is 5.51. The van der Waals surface area contributed by atoms with Crippen LogP contribution in [0.15, 0.2) is 22.7 Å². The van der Waals surface area contributed by atoms with Gasteiger partial charge in [-0.25, -0.2) is 0 Å². The highest BCUT2D eigenvalue weighted by molar-refractivity contribution is 5.88. The largest absolute Gasteiger partial charge is 0.362 e. The molecule has 0 unspecified atom stereocenters. The molecule has 6 rings (SSSR count). The number of hydrogen-bond donors (Lipinski definition) is 1. The van der Waals surface area contributed by atoms with Crippen LogP contribution < -0.4 is 5.32 Å². The van der Waals surface area contributed by atoms with Crippen LogP contribution in [0.3, 0.4) is 0 Å². The molecule has 3 saturated heterocycles. The van der Waals surface area contributed by atoms with E-state index in [-0.39, 0.29) is 0 Å². The first kappa shape index (κ1) is 12.0. The summed E-state index contributed by atoms with van der Waals surface area (Å²) in [6.07, 6.45) is 5.34. The van der Waals surface area contributed by atoms with Gasteiger partial charge in [0, 0.05) is 11.6 Å². The van der Waals surface area contributed by atoms with E-state index in [1.54, 1.807) is 0 Å². The average Bonchev–Trinajstić information content (AvgIpc) is 3.19. The molecule has 4 nitrogen and oxygen atoms in total. The smallest absolute Gasteiger partial charge is 0.177 e. The molecule has 4 heteroatoms. The van der Waals surface area contributed by atoms with Crippen LogP contribution in [-0.2, 0) is 0 Å². The van der Waals surface area contributed by atoms with Crippen molar-refractivity contribution in [2.75, 3.05) is 18.4 Å². The van der Waals surface area contributed by atoms with Crippen LogP contribution in [0.4, 0.5) is 5.82 Å². The van der Waals surface area contributed by atoms with Gasteiger partial charge in [-0.05, 0) is 69.3 Å². The molecule has 4 heterocycles. The van der Waals surface area contributed by atoms with E-state index in [9.17, 15) is 0 Å². The molecule has 1 atom stereocenters. The number of aryl methyl sites for hydroxylation is 1. The molecule has 2 bridgehead atoms. The molecule has 21 heavy (non-hydrogen) atoms. The first-order valence-corrected chi connectivity index (χ1v) is 8.14. The summed E-state index contributed by atoms with van der Waals surface area (Å²) in [5, 5.41) is 9.18. The van der Waals surface area contributed by atoms with Crippen molar-refractivity contribution in [1.29, 1.82) is 0 Å². The molecule has 110 valence electrons. The van der Waals surface area contributed by atoms with Crippen molar-refractivity contribution in [3.63, 3.8) is 0 Å². The van der Waals surface area contributed by atoms with E-state index in [1.807, 2.05) is 0 Å². The van der Waals surface area contributed by atoms with Gasteiger partial charge >= 0.3 is 0 Å². The average molecular weight is 283 g/mol. The second-order valence-electron chi connectivity index (χ2n) is 7.08. The molecule has 0 radical (unpaired) electrons. The Labute approximate surface area is 124 Å². The minimum Gasteiger partial charge on any atom is -0.362 e. The number of anilines is 1. The lowest BCUT2D eigenvalue weighted by molar-refractivity contribution is 0.0202. The van der Waals surface area contributed by atoms with E-state index in [4.69, 9.17) is 4.52 Å². The minimum absolute atomic E-state index is 0.428. The molecule has 4 aliphatic rings. The molecular weight excluding hydrogens is 262 g/mol. The topological polar surface area (TPSA) is 41.3 Å². The fourth-order valence-corrected chi connectivity index (χ4v) is 4.62. The Morgan fingerprint density at radius 1 is 1.29 bits per heavy atom. The summed E-state index contributed by atoms with van der Waals surface area (Å²) >= 11 is 0. The van der Waals surface area contributed by atoms with Crippen molar-refractivity contribution < 1.29 is 4.52 Å². The number of rotatable bonds is 2. The third-order valence-electron chi connectivity index (χ3n) is 5.90. The van der Waals surface area contributed by atoms with Gasteiger partial charge in [-0.15, -0.1) is 0 Å². The number of piperidine rings is 3. The maximum atomic E-state index is 5.51. The highest BCUT2D eigenvalue weighted by atomic mass is 16.5. The Bertz CT molecular complexity index is 695. The lowest BCUT2D eigenvalue weighted by atomic mass is 9.77. The Kier molecular flexibility index (Phi) is 2.30. The van der Waals surface area contributed by atoms with Crippen molar-refractivity contribution >= 4 is 16.8 Å². The van der Waals surface area contributed by atoms with Gasteiger partial charge in [0.1, 0.15) is 0 Å². The van der Waals surface area contributed by atoms with E-state index in [0.717, 1.165) is 22.7 Å². The maximum absolute atomic E-state index is 5.51. The monoisotopic (exact) mass is 283 g/mol. The molecule has 1 saturated carbocycles. The van der Waals surface area contributed by atoms with Crippen LogP contribution in [0.2, 0.25) is 0 Å². The van der Waals surface area contributed by atoms with Gasteiger partial charge in [0.15, 0.2) is 11.4 Å². The van der Waals surface area contributed by atoms with Gasteiger partial charge in [0.05, 0.1) is 5.39 Å². The van der Waals surface area contributed by atoms with Gasteiger partial charge in [0.25, 0.3) is 0 Å². The van der Waals surface area contributed by atoms with E-state index in [1.165, 1.54) is 44.3 Å². The standard InChI is InChI=1S/C17H21N3O/c1-11-2-3-13-14(10-11)21-19-16(13)18-15-12-4-8-20(9-5-12)17(15)6-7-17/h2-3,10,12,15H,4-9H2,1H3,(H,18,19)/t15-/m1/s1. The SMILES string of the molecule is Cc1ccc2c(N[C@@H]3C4CCN(CC4)C34CC4)noc2c1. The van der Waals surface area contributed by atoms with E-state index >= 15 is 0 Å². The summed E-state index contributed by atoms with van der Waals surface area (Å²) in [5.74, 6) is 1.74. The Morgan fingerprint density at radius 2 is 2.10 bits per heavy atom. The fourth-order valence-electron chi connectivity index (χ4n) is 4.62. The van der Waals surface area contributed by atoms with Gasteiger partial charge < -0.3 is 9.84 Å². The highest BCUT2D eigenvalue weighted by Crippen LogP contribution is 2.54. The van der Waals surface area contributed by atoms with Crippen LogP contribution >= 0.6 is 0 Å². The summed E-state index contributed by atoms with van der Waals surface area (Å²) in [7, 11) is 0. The summed E-state index contributed by atoms with van der Waals surface area (Å²) in [5.41, 5.74) is 2.53. The number of aromatic nitrogens is 1. The number of hydrogen-bond acceptors (Lipinski definition) is 4. The Morgan fingerprint density at radius 3 is 2.86 bits per heavy atom. The zero-order valence-corrected chi connectivity index (χ0v) is 12.4. The van der Waals surface area contributed by atoms with Crippen molar-refractivity contribution in [3.05, 3.63) is 23.8 Å². The summed E-state index contributed by atoms with van der Waals surface area (Å²) in [4.78, 5) is 2.72. The summed E-state index contributed by atoms with van der Waals surface area (Å²) in [6.45, 7) is 4.67. The van der Waals surface area contributed by atoms with Gasteiger partial charge in [-0.1, -0.05) is 11.2 Å². The Hall–Kier alpha value is -1.55. The lowest BCUT2D eigenvalue weighted by Gasteiger charge is -2.52. The first-order chi connectivity index (χ1) is 10.3. The predicted molar refractivity (Wildman–Crippen MR) is 82.4 cm³/mol. The quantitative estimate of drug-likeness (QED) is 0.919. The third kappa shape index (κ3) is 1.62. The van der Waals surface area contributed by atoms with Crippen LogP contribution in [-0.4, -0.2) is 34.7 Å². The van der Waals surface area contributed by atoms with Crippen LogP contribution in [0, 0.1) is 12.8 Å². The normalized spacial score (nSPS) is 32.7. The number of benzene rings is 1. The molecular formula is C17H21N3O. The lowest BCUT2D eigenvalue weighted by Crippen LogP contribution is -2.62. The number of nitrogens with one attached hydrogen (secondary N) is 1. The zero-order chi connectivity index (χ0) is 14.0. The molecule has 1 aliphatic carbocycles. The molecule has 1 N–H and O–H groups in total. The van der Waals surface area contributed by atoms with Crippen LogP contribution in [0.5, 0.6) is 0 Å². The van der Waals surface area contributed by atoms with Crippen molar-refractivity contribution in [3.8, 4) is 0 Å². The Balaban J connectivity index is 1.51. The van der Waals surface area contributed by atoms with Crippen molar-refractivity contribution in [2.45, 2.75) is 44.2 Å². The van der Waals surface area contributed by atoms with Crippen LogP contribution in [0.25, 0.3) is 11.0 Å². The first-order valence-electron chi connectivity index (χ1n) is 8.14. The van der Waals surface area contributed by atoms with Gasteiger partial charge in [-0.3, -0.25) is 4.90 Å². The predicted octanol–water partition coefficient (Wildman–Crippen LogP) is 3.17. The molecule has 2 aromatic rings. The number of nitrogens with zero attached hydrogens (tertiary/aromatic N) is 2. The van der Waals surface area contributed by atoms with E-state index in [2.05, 4.69) is 40.5 Å². The molecule has 1 spiro atoms. The number of fused-ring (bicyclic) bond motifs is 3. The highest BCUT2D eigenvalue weighted by Gasteiger charge is 2.60. The molecule has 1 aromatic heterocycles. The molecule has 3 aliphatic heterocycles. The zero-order valence-electron chi connectivity index (χ0n) is 12.4. The molecule has 1 aromatic carbocycles. The maximum Gasteiger partial charge on any atom is 0.177 e. The van der Waals surface area contributed by atoms with Gasteiger partial charge in [-0.2, -0.15) is 0 Å². The van der Waals surface area contributed by atoms with Crippen LogP contribution in [0.1, 0.15) is 31.2 Å². The van der Waals surface area contributed by atoms with E-state index in [0.29, 0.717) is 11.6 Å². The van der Waals surface area contributed by atoms with E-state index < -0.39 is 0 Å². The minimum atomic E-state index is 0.428. The van der Waals surface area contributed by atoms with Crippen molar-refractivity contribution in [2.24, 2.45) is 5.92 Å². The summed E-state index contributed by atoms with van der Waals surface area (Å²) in [6, 6.07) is 6.88. The van der Waals surface area contributed by atoms with Gasteiger partial charge in [0.2, 0.25) is 0 Å². The second kappa shape index (κ2) is 4.01. The fraction of sp³-hybridized carbons (Fsp3) is 0.588. The molecule has 4 fully saturated rings.